The second-order valence-electron chi connectivity index (χ2n) is 9.87. The summed E-state index contributed by atoms with van der Waals surface area (Å²) in [7, 11) is -3.56. The van der Waals surface area contributed by atoms with Crippen molar-refractivity contribution in [3.05, 3.63) is 28.7 Å². The summed E-state index contributed by atoms with van der Waals surface area (Å²) >= 11 is 3.36. The van der Waals surface area contributed by atoms with Crippen LogP contribution in [0.2, 0.25) is 0 Å². The summed E-state index contributed by atoms with van der Waals surface area (Å²) < 4.78 is 34.9. The van der Waals surface area contributed by atoms with Gasteiger partial charge in [0.25, 0.3) is 0 Å². The molecule has 1 aromatic carbocycles. The lowest BCUT2D eigenvalue weighted by atomic mass is 9.60. The van der Waals surface area contributed by atoms with Crippen LogP contribution in [-0.4, -0.2) is 59.4 Å². The number of hydrogen-bond donors (Lipinski definition) is 2. The summed E-state index contributed by atoms with van der Waals surface area (Å²) in [5.41, 5.74) is -1.55. The number of nitrogens with zero attached hydrogens (tertiary/aromatic N) is 1. The molecule has 0 radical (unpaired) electrons. The van der Waals surface area contributed by atoms with Gasteiger partial charge in [-0.2, -0.15) is 4.31 Å². The molecule has 1 saturated carbocycles. The number of ether oxygens (including phenoxy) is 1. The van der Waals surface area contributed by atoms with E-state index in [4.69, 9.17) is 4.74 Å². The zero-order chi connectivity index (χ0) is 21.9. The molecule has 168 valence electrons. The summed E-state index contributed by atoms with van der Waals surface area (Å²) in [6, 6.07) is 6.90. The van der Waals surface area contributed by atoms with E-state index in [1.807, 2.05) is 0 Å². The smallest absolute Gasteiger partial charge is 0.244 e. The first-order valence-corrected chi connectivity index (χ1v) is 13.0. The Morgan fingerprint density at radius 3 is 2.40 bits per heavy atom. The maximum absolute atomic E-state index is 13.1. The highest BCUT2D eigenvalue weighted by molar-refractivity contribution is 9.10. The maximum atomic E-state index is 13.1. The third-order valence-electron chi connectivity index (χ3n) is 7.71. The van der Waals surface area contributed by atoms with Gasteiger partial charge in [0.05, 0.1) is 28.3 Å². The van der Waals surface area contributed by atoms with Gasteiger partial charge in [-0.25, -0.2) is 8.42 Å². The Kier molecular flexibility index (Phi) is 5.91. The van der Waals surface area contributed by atoms with Crippen molar-refractivity contribution in [1.82, 2.24) is 4.31 Å². The number of hydrogen-bond acceptors (Lipinski definition) is 5. The Morgan fingerprint density at radius 1 is 1.13 bits per heavy atom. The van der Waals surface area contributed by atoms with Gasteiger partial charge in [0.15, 0.2) is 0 Å². The van der Waals surface area contributed by atoms with Crippen LogP contribution in [0.25, 0.3) is 0 Å². The highest BCUT2D eigenvalue weighted by Crippen LogP contribution is 2.52. The van der Waals surface area contributed by atoms with Gasteiger partial charge >= 0.3 is 0 Å². The molecule has 1 aliphatic carbocycles. The van der Waals surface area contributed by atoms with Gasteiger partial charge < -0.3 is 14.9 Å². The average molecular weight is 502 g/mol. The average Bonchev–Trinajstić information content (AvgIpc) is 2.68. The van der Waals surface area contributed by atoms with E-state index in [0.717, 1.165) is 6.42 Å². The molecule has 8 heteroatoms. The molecule has 0 amide bonds. The number of fused-ring (bicyclic) bond motifs is 2. The molecule has 4 rings (SSSR count). The lowest BCUT2D eigenvalue weighted by Crippen LogP contribution is -2.65. The third-order valence-corrected chi connectivity index (χ3v) is 10.6. The molecule has 0 aromatic heterocycles. The number of sulfonamides is 1. The van der Waals surface area contributed by atoms with Crippen LogP contribution in [0.5, 0.6) is 0 Å². The zero-order valence-corrected chi connectivity index (χ0v) is 20.2. The van der Waals surface area contributed by atoms with E-state index in [-0.39, 0.29) is 29.5 Å². The van der Waals surface area contributed by atoms with E-state index in [0.29, 0.717) is 41.7 Å². The molecule has 3 aliphatic rings. The van der Waals surface area contributed by atoms with E-state index < -0.39 is 21.7 Å². The quantitative estimate of drug-likeness (QED) is 0.663. The van der Waals surface area contributed by atoms with Gasteiger partial charge in [-0.15, -0.1) is 0 Å². The Labute approximate surface area is 187 Å². The minimum Gasteiger partial charge on any atom is -0.390 e. The number of benzene rings is 1. The van der Waals surface area contributed by atoms with Crippen molar-refractivity contribution in [3.63, 3.8) is 0 Å². The second kappa shape index (κ2) is 7.81. The minimum atomic E-state index is -3.56. The molecule has 0 unspecified atom stereocenters. The number of piperidine rings is 1. The molecule has 2 heterocycles. The lowest BCUT2D eigenvalue weighted by molar-refractivity contribution is -0.271. The monoisotopic (exact) mass is 501 g/mol. The fourth-order valence-corrected chi connectivity index (χ4v) is 8.06. The van der Waals surface area contributed by atoms with Crippen molar-refractivity contribution < 1.29 is 23.4 Å². The zero-order valence-electron chi connectivity index (χ0n) is 17.8. The molecule has 2 N–H and O–H groups in total. The summed E-state index contributed by atoms with van der Waals surface area (Å²) in [6.45, 7) is 6.71. The van der Waals surface area contributed by atoms with Gasteiger partial charge in [0.1, 0.15) is 0 Å². The molecule has 2 bridgehead atoms. The van der Waals surface area contributed by atoms with Crippen LogP contribution >= 0.6 is 15.9 Å². The summed E-state index contributed by atoms with van der Waals surface area (Å²) in [5, 5.41) is 21.6. The summed E-state index contributed by atoms with van der Waals surface area (Å²) in [4.78, 5) is 0.291. The predicted molar refractivity (Wildman–Crippen MR) is 117 cm³/mol. The van der Waals surface area contributed by atoms with Gasteiger partial charge in [-0.05, 0) is 86.4 Å². The van der Waals surface area contributed by atoms with E-state index >= 15 is 0 Å². The highest BCUT2D eigenvalue weighted by Gasteiger charge is 2.58. The number of rotatable bonds is 3. The van der Waals surface area contributed by atoms with Gasteiger partial charge in [-0.1, -0.05) is 12.1 Å². The van der Waals surface area contributed by atoms with E-state index in [1.54, 1.807) is 35.5 Å². The van der Waals surface area contributed by atoms with Crippen molar-refractivity contribution in [3.8, 4) is 0 Å². The fraction of sp³-hybridized carbons (Fsp3) is 0.727. The van der Waals surface area contributed by atoms with Crippen molar-refractivity contribution in [1.29, 1.82) is 0 Å². The van der Waals surface area contributed by atoms with Crippen LogP contribution in [0.4, 0.5) is 0 Å². The topological polar surface area (TPSA) is 87.1 Å². The third kappa shape index (κ3) is 3.77. The van der Waals surface area contributed by atoms with Crippen LogP contribution < -0.4 is 0 Å². The molecule has 30 heavy (non-hydrogen) atoms. The van der Waals surface area contributed by atoms with E-state index in [1.165, 1.54) is 0 Å². The predicted octanol–water partition coefficient (Wildman–Crippen LogP) is 3.17. The summed E-state index contributed by atoms with van der Waals surface area (Å²) in [6.07, 6.45) is 1.79. The Bertz CT molecular complexity index is 895. The van der Waals surface area contributed by atoms with Crippen molar-refractivity contribution in [2.75, 3.05) is 13.1 Å². The standard InChI is InChI=1S/C22H32BrNO5S/c1-21(2)15-12-16(22(3,26)19(25)13-15)20(29-21)14-8-10-24(11-9-14)30(27,28)18-7-5-4-6-17(18)23/h4-7,14-16,19-20,25-26H,8-13H2,1-3H3/t15-,16+,19-,20-,22-/m0/s1. The molecular formula is C22H32BrNO5S. The minimum absolute atomic E-state index is 0.143. The Hall–Kier alpha value is -0.510. The van der Waals surface area contributed by atoms with Crippen molar-refractivity contribution >= 4 is 26.0 Å². The lowest BCUT2D eigenvalue weighted by Gasteiger charge is -2.58. The van der Waals surface area contributed by atoms with Gasteiger partial charge in [0, 0.05) is 23.5 Å². The van der Waals surface area contributed by atoms with Crippen LogP contribution in [0, 0.1) is 17.8 Å². The first-order valence-electron chi connectivity index (χ1n) is 10.8. The molecular weight excluding hydrogens is 470 g/mol. The molecule has 2 saturated heterocycles. The molecule has 2 aliphatic heterocycles. The number of aliphatic hydroxyl groups is 2. The molecule has 5 atom stereocenters. The molecule has 3 fully saturated rings. The highest BCUT2D eigenvalue weighted by atomic mass is 79.9. The first kappa shape index (κ1) is 22.7. The fourth-order valence-electron chi connectivity index (χ4n) is 5.62. The molecule has 0 spiro atoms. The van der Waals surface area contributed by atoms with Crippen LogP contribution in [0.3, 0.4) is 0 Å². The van der Waals surface area contributed by atoms with Gasteiger partial charge in [0.2, 0.25) is 10.0 Å². The van der Waals surface area contributed by atoms with E-state index in [9.17, 15) is 18.6 Å². The normalized spacial score (nSPS) is 37.8. The Morgan fingerprint density at radius 2 is 1.77 bits per heavy atom. The van der Waals surface area contributed by atoms with E-state index in [2.05, 4.69) is 29.8 Å². The van der Waals surface area contributed by atoms with Crippen LogP contribution in [-0.2, 0) is 14.8 Å². The van der Waals surface area contributed by atoms with Crippen molar-refractivity contribution in [2.45, 2.75) is 74.8 Å². The molecule has 1 aromatic rings. The second-order valence-corrected chi connectivity index (χ2v) is 12.6. The van der Waals surface area contributed by atoms with Crippen LogP contribution in [0.1, 0.15) is 46.5 Å². The summed E-state index contributed by atoms with van der Waals surface area (Å²) in [5.74, 6) is 0.221. The molecule has 6 nitrogen and oxygen atoms in total. The van der Waals surface area contributed by atoms with Gasteiger partial charge in [-0.3, -0.25) is 0 Å². The maximum Gasteiger partial charge on any atom is 0.244 e. The number of halogens is 1. The van der Waals surface area contributed by atoms with Crippen LogP contribution in [0.15, 0.2) is 33.6 Å². The SMILES string of the molecule is CC1(C)O[C@@H](C2CCN(S(=O)(=O)c3ccccc3Br)CC2)[C@H]2C[C@H]1C[C@H](O)[C@@]2(C)O. The number of aliphatic hydroxyl groups excluding tert-OH is 1. The van der Waals surface area contributed by atoms with Crippen molar-refractivity contribution in [2.24, 2.45) is 17.8 Å². The Balaban J connectivity index is 1.51. The largest absolute Gasteiger partial charge is 0.390 e. The first-order chi connectivity index (χ1) is 13.9.